The van der Waals surface area contributed by atoms with E-state index in [-0.39, 0.29) is 17.3 Å². The molecule has 2 N–H and O–H groups in total. The smallest absolute Gasteiger partial charge is 0.313 e. The number of aromatic hydroxyl groups is 1. The summed E-state index contributed by atoms with van der Waals surface area (Å²) in [7, 11) is 0. The summed E-state index contributed by atoms with van der Waals surface area (Å²) in [4.78, 5) is 14.2. The van der Waals surface area contributed by atoms with E-state index in [0.29, 0.717) is 11.3 Å². The highest BCUT2D eigenvalue weighted by Crippen LogP contribution is 2.21. The normalized spacial score (nSPS) is 11.2. The number of pyridine rings is 1. The number of nitro groups is 1. The minimum atomic E-state index is -0.541. The summed E-state index contributed by atoms with van der Waals surface area (Å²) >= 11 is 0. The summed E-state index contributed by atoms with van der Waals surface area (Å²) in [5, 5.41) is 24.5. The van der Waals surface area contributed by atoms with E-state index in [1.54, 1.807) is 25.1 Å². The largest absolute Gasteiger partial charge is 0.507 e. The van der Waals surface area contributed by atoms with Crippen LogP contribution < -0.4 is 5.43 Å². The molecule has 0 atom stereocenters. The molecule has 1 aromatic heterocycles. The number of anilines is 1. The molecular weight excluding hydrogens is 260 g/mol. The van der Waals surface area contributed by atoms with Crippen molar-refractivity contribution in [3.8, 4) is 5.75 Å². The number of aromatic nitrogens is 1. The summed E-state index contributed by atoms with van der Waals surface area (Å²) in [5.74, 6) is 0.137. The van der Waals surface area contributed by atoms with Crippen LogP contribution in [0.3, 0.4) is 0 Å². The molecule has 0 saturated heterocycles. The molecule has 0 amide bonds. The Kier molecular flexibility index (Phi) is 3.90. The van der Waals surface area contributed by atoms with Gasteiger partial charge in [-0.2, -0.15) is 5.10 Å². The van der Waals surface area contributed by atoms with E-state index >= 15 is 0 Å². The molecule has 0 saturated carbocycles. The van der Waals surface area contributed by atoms with Crippen LogP contribution in [0.4, 0.5) is 11.5 Å². The van der Waals surface area contributed by atoms with E-state index in [4.69, 9.17) is 0 Å². The molecule has 7 heteroatoms. The Morgan fingerprint density at radius 3 is 2.80 bits per heavy atom. The maximum Gasteiger partial charge on any atom is 0.313 e. The SMILES string of the molecule is C/C(=N\Nc1ncccc1[N+](=O)[O-])c1ccccc1O. The van der Waals surface area contributed by atoms with E-state index in [1.165, 1.54) is 24.4 Å². The fourth-order valence-corrected chi connectivity index (χ4v) is 1.61. The number of phenols is 1. The zero-order valence-electron chi connectivity index (χ0n) is 10.6. The molecule has 0 aliphatic rings. The Morgan fingerprint density at radius 2 is 2.10 bits per heavy atom. The first-order valence-corrected chi connectivity index (χ1v) is 5.77. The Labute approximate surface area is 114 Å². The van der Waals surface area contributed by atoms with Crippen molar-refractivity contribution in [2.45, 2.75) is 6.92 Å². The molecule has 7 nitrogen and oxygen atoms in total. The van der Waals surface area contributed by atoms with Crippen molar-refractivity contribution < 1.29 is 10.0 Å². The number of nitrogens with zero attached hydrogens (tertiary/aromatic N) is 3. The lowest BCUT2D eigenvalue weighted by Crippen LogP contribution is -2.03. The molecule has 102 valence electrons. The van der Waals surface area contributed by atoms with Gasteiger partial charge in [-0.15, -0.1) is 0 Å². The van der Waals surface area contributed by atoms with Crippen LogP contribution in [-0.2, 0) is 0 Å². The molecule has 0 aliphatic heterocycles. The van der Waals surface area contributed by atoms with Crippen molar-refractivity contribution >= 4 is 17.2 Å². The van der Waals surface area contributed by atoms with Crippen molar-refractivity contribution in [2.24, 2.45) is 5.10 Å². The molecule has 0 fully saturated rings. The predicted molar refractivity (Wildman–Crippen MR) is 74.8 cm³/mol. The predicted octanol–water partition coefficient (Wildman–Crippen LogP) is 2.53. The van der Waals surface area contributed by atoms with Gasteiger partial charge in [0.1, 0.15) is 5.75 Å². The summed E-state index contributed by atoms with van der Waals surface area (Å²) in [6, 6.07) is 9.50. The number of nitrogens with one attached hydrogen (secondary N) is 1. The standard InChI is InChI=1S/C13H12N4O3/c1-9(10-5-2-3-7-12(10)18)15-16-13-11(17(19)20)6-4-8-14-13/h2-8,18H,1H3,(H,14,16)/b15-9+. The van der Waals surface area contributed by atoms with Gasteiger partial charge in [0.15, 0.2) is 0 Å². The fraction of sp³-hybridized carbons (Fsp3) is 0.0769. The Hall–Kier alpha value is -2.96. The molecule has 20 heavy (non-hydrogen) atoms. The van der Waals surface area contributed by atoms with Crippen molar-refractivity contribution in [1.29, 1.82) is 0 Å². The van der Waals surface area contributed by atoms with Gasteiger partial charge in [-0.1, -0.05) is 12.1 Å². The number of hydrazone groups is 1. The molecule has 2 aromatic rings. The molecule has 2 rings (SSSR count). The number of rotatable bonds is 4. The number of phenolic OH excluding ortho intramolecular Hbond substituents is 1. The van der Waals surface area contributed by atoms with Crippen LogP contribution >= 0.6 is 0 Å². The highest BCUT2D eigenvalue weighted by atomic mass is 16.6. The van der Waals surface area contributed by atoms with Gasteiger partial charge in [0.05, 0.1) is 10.6 Å². The van der Waals surface area contributed by atoms with Gasteiger partial charge in [0, 0.05) is 17.8 Å². The second kappa shape index (κ2) is 5.79. The molecule has 0 unspecified atom stereocenters. The Bertz CT molecular complexity index is 670. The van der Waals surface area contributed by atoms with Crippen LogP contribution in [0.1, 0.15) is 12.5 Å². The number of benzene rings is 1. The van der Waals surface area contributed by atoms with Gasteiger partial charge in [-0.3, -0.25) is 15.5 Å². The lowest BCUT2D eigenvalue weighted by atomic mass is 10.1. The molecule has 0 aliphatic carbocycles. The number of para-hydroxylation sites is 1. The molecule has 0 bridgehead atoms. The molecule has 1 heterocycles. The van der Waals surface area contributed by atoms with Gasteiger partial charge in [-0.25, -0.2) is 4.98 Å². The van der Waals surface area contributed by atoms with Crippen LogP contribution in [0.15, 0.2) is 47.7 Å². The first-order valence-electron chi connectivity index (χ1n) is 5.77. The van der Waals surface area contributed by atoms with Crippen LogP contribution in [0.25, 0.3) is 0 Å². The van der Waals surface area contributed by atoms with Crippen molar-refractivity contribution in [1.82, 2.24) is 4.98 Å². The minimum absolute atomic E-state index is 0.0484. The highest BCUT2D eigenvalue weighted by Gasteiger charge is 2.13. The maximum absolute atomic E-state index is 10.8. The van der Waals surface area contributed by atoms with Crippen LogP contribution in [0.2, 0.25) is 0 Å². The first-order chi connectivity index (χ1) is 9.59. The van der Waals surface area contributed by atoms with Crippen LogP contribution in [0.5, 0.6) is 5.75 Å². The third-order valence-electron chi connectivity index (χ3n) is 2.61. The number of hydrogen-bond acceptors (Lipinski definition) is 6. The quantitative estimate of drug-likeness (QED) is 0.506. The monoisotopic (exact) mass is 272 g/mol. The second-order valence-corrected chi connectivity index (χ2v) is 3.95. The van der Waals surface area contributed by atoms with Crippen LogP contribution in [0, 0.1) is 10.1 Å². The van der Waals surface area contributed by atoms with E-state index in [0.717, 1.165) is 0 Å². The van der Waals surface area contributed by atoms with E-state index in [1.807, 2.05) is 0 Å². The second-order valence-electron chi connectivity index (χ2n) is 3.95. The van der Waals surface area contributed by atoms with E-state index < -0.39 is 4.92 Å². The molecule has 0 radical (unpaired) electrons. The van der Waals surface area contributed by atoms with E-state index in [2.05, 4.69) is 15.5 Å². The topological polar surface area (TPSA) is 101 Å². The highest BCUT2D eigenvalue weighted by molar-refractivity contribution is 6.01. The maximum atomic E-state index is 10.8. The van der Waals surface area contributed by atoms with Gasteiger partial charge in [-0.05, 0) is 25.1 Å². The first kappa shape index (κ1) is 13.5. The molecular formula is C13H12N4O3. The van der Waals surface area contributed by atoms with Crippen LogP contribution in [-0.4, -0.2) is 20.7 Å². The summed E-state index contributed by atoms with van der Waals surface area (Å²) in [6.45, 7) is 1.68. The lowest BCUT2D eigenvalue weighted by Gasteiger charge is -2.05. The summed E-state index contributed by atoms with van der Waals surface area (Å²) in [6.07, 6.45) is 1.43. The Morgan fingerprint density at radius 1 is 1.35 bits per heavy atom. The zero-order chi connectivity index (χ0) is 14.5. The van der Waals surface area contributed by atoms with Crippen molar-refractivity contribution in [3.63, 3.8) is 0 Å². The summed E-state index contributed by atoms with van der Waals surface area (Å²) < 4.78 is 0. The third kappa shape index (κ3) is 2.89. The van der Waals surface area contributed by atoms with Gasteiger partial charge in [0.2, 0.25) is 5.82 Å². The fourth-order valence-electron chi connectivity index (χ4n) is 1.61. The van der Waals surface area contributed by atoms with Gasteiger partial charge in [0.25, 0.3) is 0 Å². The van der Waals surface area contributed by atoms with Crippen molar-refractivity contribution in [2.75, 3.05) is 5.43 Å². The molecule has 1 aromatic carbocycles. The number of hydrogen-bond donors (Lipinski definition) is 2. The summed E-state index contributed by atoms with van der Waals surface area (Å²) in [5.41, 5.74) is 3.41. The van der Waals surface area contributed by atoms with Crippen molar-refractivity contribution in [3.05, 3.63) is 58.3 Å². The van der Waals surface area contributed by atoms with Gasteiger partial charge < -0.3 is 5.11 Å². The zero-order valence-corrected chi connectivity index (χ0v) is 10.6. The third-order valence-corrected chi connectivity index (χ3v) is 2.61. The Balaban J connectivity index is 2.26. The minimum Gasteiger partial charge on any atom is -0.507 e. The van der Waals surface area contributed by atoms with Gasteiger partial charge >= 0.3 is 5.69 Å². The van der Waals surface area contributed by atoms with E-state index in [9.17, 15) is 15.2 Å². The molecule has 0 spiro atoms. The average Bonchev–Trinajstić information content (AvgIpc) is 2.45. The lowest BCUT2D eigenvalue weighted by molar-refractivity contribution is -0.384. The average molecular weight is 272 g/mol.